The molecule has 1 aromatic carbocycles. The molecule has 2 unspecified atom stereocenters. The van der Waals surface area contributed by atoms with Crippen LogP contribution in [0.3, 0.4) is 0 Å². The molecule has 0 aromatic heterocycles. The highest BCUT2D eigenvalue weighted by Crippen LogP contribution is 2.31. The summed E-state index contributed by atoms with van der Waals surface area (Å²) in [4.78, 5) is 0. The summed E-state index contributed by atoms with van der Waals surface area (Å²) in [6.07, 6.45) is 1.14. The highest BCUT2D eigenvalue weighted by molar-refractivity contribution is 5.41. The number of nitrogens with one attached hydrogen (secondary N) is 1. The molecule has 0 aliphatic carbocycles. The van der Waals surface area contributed by atoms with Crippen molar-refractivity contribution in [1.29, 1.82) is 0 Å². The van der Waals surface area contributed by atoms with Crippen molar-refractivity contribution in [2.45, 2.75) is 19.0 Å². The SMILES string of the molecule is Nc1cccc(C(F)C2CCCNC2)c1. The molecule has 3 N–H and O–H groups in total. The van der Waals surface area contributed by atoms with Crippen LogP contribution in [-0.4, -0.2) is 13.1 Å². The summed E-state index contributed by atoms with van der Waals surface area (Å²) in [5.41, 5.74) is 6.99. The topological polar surface area (TPSA) is 38.0 Å². The fraction of sp³-hybridized carbons (Fsp3) is 0.500. The zero-order valence-electron chi connectivity index (χ0n) is 8.75. The Morgan fingerprint density at radius 3 is 3.00 bits per heavy atom. The smallest absolute Gasteiger partial charge is 0.129 e. The molecule has 0 amide bonds. The van der Waals surface area contributed by atoms with E-state index in [2.05, 4.69) is 5.32 Å². The molecule has 1 aromatic rings. The lowest BCUT2D eigenvalue weighted by Gasteiger charge is -2.26. The van der Waals surface area contributed by atoms with E-state index in [-0.39, 0.29) is 5.92 Å². The molecule has 1 heterocycles. The Morgan fingerprint density at radius 1 is 1.47 bits per heavy atom. The van der Waals surface area contributed by atoms with E-state index >= 15 is 0 Å². The van der Waals surface area contributed by atoms with Gasteiger partial charge in [-0.25, -0.2) is 4.39 Å². The number of rotatable bonds is 2. The monoisotopic (exact) mass is 208 g/mol. The number of nitrogens with two attached hydrogens (primary N) is 1. The van der Waals surface area contributed by atoms with E-state index in [0.29, 0.717) is 11.3 Å². The second-order valence-electron chi connectivity index (χ2n) is 4.18. The van der Waals surface area contributed by atoms with Crippen molar-refractivity contribution in [2.75, 3.05) is 18.8 Å². The standard InChI is InChI=1S/C12H17FN2/c13-12(10-4-2-6-15-8-10)9-3-1-5-11(14)7-9/h1,3,5,7,10,12,15H,2,4,6,8,14H2. The average molecular weight is 208 g/mol. The number of halogens is 1. The lowest BCUT2D eigenvalue weighted by Crippen LogP contribution is -2.32. The molecule has 3 heteroatoms. The van der Waals surface area contributed by atoms with E-state index < -0.39 is 6.17 Å². The maximum atomic E-state index is 14.1. The summed E-state index contributed by atoms with van der Waals surface area (Å²) in [6, 6.07) is 7.15. The molecule has 1 aliphatic rings. The number of alkyl halides is 1. The van der Waals surface area contributed by atoms with Gasteiger partial charge in [0.1, 0.15) is 6.17 Å². The van der Waals surface area contributed by atoms with Gasteiger partial charge in [0.2, 0.25) is 0 Å². The third-order valence-electron chi connectivity index (χ3n) is 2.98. The molecule has 2 atom stereocenters. The Morgan fingerprint density at radius 2 is 2.33 bits per heavy atom. The van der Waals surface area contributed by atoms with Crippen LogP contribution in [-0.2, 0) is 0 Å². The predicted molar refractivity (Wildman–Crippen MR) is 60.3 cm³/mol. The van der Waals surface area contributed by atoms with Gasteiger partial charge in [0.15, 0.2) is 0 Å². The summed E-state index contributed by atoms with van der Waals surface area (Å²) in [5, 5.41) is 3.23. The van der Waals surface area contributed by atoms with Gasteiger partial charge >= 0.3 is 0 Å². The maximum absolute atomic E-state index is 14.1. The molecule has 0 spiro atoms. The van der Waals surface area contributed by atoms with Crippen LogP contribution in [0.5, 0.6) is 0 Å². The molecule has 0 saturated carbocycles. The first-order valence-corrected chi connectivity index (χ1v) is 5.47. The van der Waals surface area contributed by atoms with Gasteiger partial charge in [0, 0.05) is 18.2 Å². The third kappa shape index (κ3) is 2.48. The third-order valence-corrected chi connectivity index (χ3v) is 2.98. The number of hydrogen-bond acceptors (Lipinski definition) is 2. The van der Waals surface area contributed by atoms with Crippen LogP contribution in [0.25, 0.3) is 0 Å². The van der Waals surface area contributed by atoms with Crippen molar-refractivity contribution >= 4 is 5.69 Å². The Labute approximate surface area is 89.7 Å². The molecule has 15 heavy (non-hydrogen) atoms. The summed E-state index contributed by atoms with van der Waals surface area (Å²) in [5.74, 6) is 0.0977. The largest absolute Gasteiger partial charge is 0.399 e. The number of anilines is 1. The Balaban J connectivity index is 2.08. The fourth-order valence-corrected chi connectivity index (χ4v) is 2.13. The van der Waals surface area contributed by atoms with Gasteiger partial charge in [-0.1, -0.05) is 12.1 Å². The van der Waals surface area contributed by atoms with Crippen LogP contribution in [0.15, 0.2) is 24.3 Å². The molecule has 1 fully saturated rings. The van der Waals surface area contributed by atoms with Crippen molar-refractivity contribution in [3.8, 4) is 0 Å². The summed E-state index contributed by atoms with van der Waals surface area (Å²) in [6.45, 7) is 1.79. The molecular formula is C12H17FN2. The maximum Gasteiger partial charge on any atom is 0.129 e. The van der Waals surface area contributed by atoms with Crippen LogP contribution in [0.1, 0.15) is 24.6 Å². The van der Waals surface area contributed by atoms with E-state index in [4.69, 9.17) is 5.73 Å². The van der Waals surface area contributed by atoms with Gasteiger partial charge in [-0.2, -0.15) is 0 Å². The first-order valence-electron chi connectivity index (χ1n) is 5.47. The van der Waals surface area contributed by atoms with Crippen molar-refractivity contribution in [2.24, 2.45) is 5.92 Å². The van der Waals surface area contributed by atoms with Crippen LogP contribution >= 0.6 is 0 Å². The Kier molecular flexibility index (Phi) is 3.21. The number of piperidine rings is 1. The van der Waals surface area contributed by atoms with E-state index in [1.165, 1.54) is 0 Å². The minimum absolute atomic E-state index is 0.0977. The van der Waals surface area contributed by atoms with Crippen molar-refractivity contribution in [3.05, 3.63) is 29.8 Å². The normalized spacial score (nSPS) is 23.7. The number of benzene rings is 1. The Hall–Kier alpha value is -1.09. The molecule has 2 rings (SSSR count). The highest BCUT2D eigenvalue weighted by atomic mass is 19.1. The van der Waals surface area contributed by atoms with Gasteiger partial charge in [-0.15, -0.1) is 0 Å². The van der Waals surface area contributed by atoms with E-state index in [9.17, 15) is 4.39 Å². The van der Waals surface area contributed by atoms with Crippen LogP contribution in [0.2, 0.25) is 0 Å². The first kappa shape index (κ1) is 10.4. The lowest BCUT2D eigenvalue weighted by molar-refractivity contribution is 0.194. The van der Waals surface area contributed by atoms with Crippen molar-refractivity contribution in [1.82, 2.24) is 5.32 Å². The van der Waals surface area contributed by atoms with E-state index in [1.807, 2.05) is 12.1 Å². The molecule has 0 radical (unpaired) electrons. The summed E-state index contributed by atoms with van der Waals surface area (Å²) < 4.78 is 14.1. The van der Waals surface area contributed by atoms with Gasteiger partial charge < -0.3 is 11.1 Å². The zero-order chi connectivity index (χ0) is 10.7. The molecule has 1 aliphatic heterocycles. The van der Waals surface area contributed by atoms with Gasteiger partial charge in [0.05, 0.1) is 0 Å². The van der Waals surface area contributed by atoms with Crippen LogP contribution < -0.4 is 11.1 Å². The van der Waals surface area contributed by atoms with Gasteiger partial charge in [-0.05, 0) is 37.1 Å². The number of hydrogen-bond donors (Lipinski definition) is 2. The summed E-state index contributed by atoms with van der Waals surface area (Å²) >= 11 is 0. The average Bonchev–Trinajstić information content (AvgIpc) is 2.29. The minimum atomic E-state index is -0.888. The second-order valence-corrected chi connectivity index (χ2v) is 4.18. The molecule has 1 saturated heterocycles. The molecule has 0 bridgehead atoms. The predicted octanol–water partition coefficient (Wildman–Crippen LogP) is 2.28. The lowest BCUT2D eigenvalue weighted by atomic mass is 9.90. The highest BCUT2D eigenvalue weighted by Gasteiger charge is 2.24. The quantitative estimate of drug-likeness (QED) is 0.732. The fourth-order valence-electron chi connectivity index (χ4n) is 2.13. The summed E-state index contributed by atoms with van der Waals surface area (Å²) in [7, 11) is 0. The molecule has 82 valence electrons. The van der Waals surface area contributed by atoms with Gasteiger partial charge in [-0.3, -0.25) is 0 Å². The van der Waals surface area contributed by atoms with Crippen LogP contribution in [0.4, 0.5) is 10.1 Å². The van der Waals surface area contributed by atoms with Crippen molar-refractivity contribution < 1.29 is 4.39 Å². The number of nitrogen functional groups attached to an aromatic ring is 1. The van der Waals surface area contributed by atoms with Crippen LogP contribution in [0, 0.1) is 5.92 Å². The first-order chi connectivity index (χ1) is 7.27. The minimum Gasteiger partial charge on any atom is -0.399 e. The molecular weight excluding hydrogens is 191 g/mol. The van der Waals surface area contributed by atoms with E-state index in [0.717, 1.165) is 25.9 Å². The van der Waals surface area contributed by atoms with Gasteiger partial charge in [0.25, 0.3) is 0 Å². The van der Waals surface area contributed by atoms with Crippen molar-refractivity contribution in [3.63, 3.8) is 0 Å². The zero-order valence-corrected chi connectivity index (χ0v) is 8.75. The van der Waals surface area contributed by atoms with E-state index in [1.54, 1.807) is 12.1 Å². The second kappa shape index (κ2) is 4.62. The Bertz CT molecular complexity index is 321. The molecule has 2 nitrogen and oxygen atoms in total.